The Labute approximate surface area is 148 Å². The lowest BCUT2D eigenvalue weighted by Crippen LogP contribution is -2.48. The van der Waals surface area contributed by atoms with Crippen molar-refractivity contribution in [2.45, 2.75) is 19.8 Å². The first-order chi connectivity index (χ1) is 11.4. The van der Waals surface area contributed by atoms with Gasteiger partial charge < -0.3 is 10.0 Å². The van der Waals surface area contributed by atoms with Gasteiger partial charge in [-0.05, 0) is 44.0 Å². The third kappa shape index (κ3) is 3.21. The van der Waals surface area contributed by atoms with E-state index in [9.17, 15) is 14.7 Å². The molecule has 1 amide bonds. The molecule has 6 nitrogen and oxygen atoms in total. The summed E-state index contributed by atoms with van der Waals surface area (Å²) in [5, 5.41) is 13.6. The second kappa shape index (κ2) is 6.39. The third-order valence-electron chi connectivity index (χ3n) is 4.42. The molecule has 1 fully saturated rings. The maximum Gasteiger partial charge on any atom is 0.311 e. The van der Waals surface area contributed by atoms with E-state index in [2.05, 4.69) is 21.0 Å². The van der Waals surface area contributed by atoms with Crippen LogP contribution in [0.5, 0.6) is 0 Å². The van der Waals surface area contributed by atoms with Crippen molar-refractivity contribution < 1.29 is 14.7 Å². The smallest absolute Gasteiger partial charge is 0.311 e. The van der Waals surface area contributed by atoms with Crippen LogP contribution in [0.2, 0.25) is 0 Å². The van der Waals surface area contributed by atoms with Crippen molar-refractivity contribution in [2.75, 3.05) is 13.1 Å². The number of amides is 1. The quantitative estimate of drug-likeness (QED) is 0.872. The molecule has 2 heterocycles. The van der Waals surface area contributed by atoms with Crippen LogP contribution in [0.1, 0.15) is 30.1 Å². The Bertz CT molecular complexity index is 772. The van der Waals surface area contributed by atoms with Gasteiger partial charge in [-0.15, -0.1) is 0 Å². The van der Waals surface area contributed by atoms with Crippen molar-refractivity contribution in [3.05, 3.63) is 46.7 Å². The number of aliphatic carboxylic acids is 1. The minimum absolute atomic E-state index is 0.175. The molecule has 7 heteroatoms. The van der Waals surface area contributed by atoms with Crippen LogP contribution in [0.15, 0.2) is 41.1 Å². The normalized spacial score (nSPS) is 20.8. The number of hydrogen-bond donors (Lipinski definition) is 1. The van der Waals surface area contributed by atoms with Crippen LogP contribution in [0, 0.1) is 5.41 Å². The number of carboxylic acids is 1. The molecule has 1 aromatic heterocycles. The zero-order valence-electron chi connectivity index (χ0n) is 13.3. The van der Waals surface area contributed by atoms with Gasteiger partial charge in [0.1, 0.15) is 0 Å². The van der Waals surface area contributed by atoms with E-state index in [0.29, 0.717) is 24.9 Å². The Morgan fingerprint density at radius 1 is 1.29 bits per heavy atom. The van der Waals surface area contributed by atoms with Gasteiger partial charge >= 0.3 is 5.97 Å². The van der Waals surface area contributed by atoms with E-state index in [1.165, 1.54) is 6.20 Å². The number of halogens is 1. The number of rotatable bonds is 3. The molecule has 1 aliphatic heterocycles. The van der Waals surface area contributed by atoms with Gasteiger partial charge in [0.05, 0.1) is 22.9 Å². The number of hydrogen-bond acceptors (Lipinski definition) is 3. The SMILES string of the molecule is CC1(C(=O)O)CCCN(C(=O)c2cnn(-c3ccc(Br)cc3)c2)C1. The van der Waals surface area contributed by atoms with Gasteiger partial charge in [-0.1, -0.05) is 15.9 Å². The summed E-state index contributed by atoms with van der Waals surface area (Å²) >= 11 is 3.38. The summed E-state index contributed by atoms with van der Waals surface area (Å²) in [6, 6.07) is 7.60. The van der Waals surface area contributed by atoms with E-state index < -0.39 is 11.4 Å². The Balaban J connectivity index is 1.78. The maximum absolute atomic E-state index is 12.7. The zero-order valence-corrected chi connectivity index (χ0v) is 14.9. The van der Waals surface area contributed by atoms with Crippen molar-refractivity contribution in [3.8, 4) is 5.69 Å². The largest absolute Gasteiger partial charge is 0.481 e. The summed E-state index contributed by atoms with van der Waals surface area (Å²) < 4.78 is 2.61. The van der Waals surface area contributed by atoms with E-state index in [1.54, 1.807) is 22.7 Å². The number of carbonyl (C=O) groups excluding carboxylic acids is 1. The Morgan fingerprint density at radius 2 is 2.00 bits per heavy atom. The number of piperidine rings is 1. The van der Waals surface area contributed by atoms with Crippen molar-refractivity contribution in [2.24, 2.45) is 5.41 Å². The second-order valence-electron chi connectivity index (χ2n) is 6.35. The average Bonchev–Trinajstić information content (AvgIpc) is 3.04. The van der Waals surface area contributed by atoms with Gasteiger partial charge in [0.15, 0.2) is 0 Å². The van der Waals surface area contributed by atoms with Gasteiger partial charge in [-0.2, -0.15) is 5.10 Å². The molecular weight excluding hydrogens is 374 g/mol. The summed E-state index contributed by atoms with van der Waals surface area (Å²) in [6.07, 6.45) is 4.48. The standard InChI is InChI=1S/C17H18BrN3O3/c1-17(16(23)24)7-2-8-20(11-17)15(22)12-9-19-21(10-12)14-5-3-13(18)4-6-14/h3-6,9-10H,2,7-8,11H2,1H3,(H,23,24). The highest BCUT2D eigenvalue weighted by Gasteiger charge is 2.39. The van der Waals surface area contributed by atoms with Gasteiger partial charge in [0.2, 0.25) is 0 Å². The lowest BCUT2D eigenvalue weighted by atomic mass is 9.82. The summed E-state index contributed by atoms with van der Waals surface area (Å²) in [5.74, 6) is -1.03. The average molecular weight is 392 g/mol. The predicted octanol–water partition coefficient (Wildman–Crippen LogP) is 2.96. The molecule has 126 valence electrons. The molecule has 1 aromatic carbocycles. The molecule has 0 spiro atoms. The maximum atomic E-state index is 12.7. The number of benzene rings is 1. The molecule has 0 radical (unpaired) electrons. The first-order valence-electron chi connectivity index (χ1n) is 7.72. The molecule has 2 aromatic rings. The van der Waals surface area contributed by atoms with Crippen LogP contribution in [0.4, 0.5) is 0 Å². The zero-order chi connectivity index (χ0) is 17.3. The highest BCUT2D eigenvalue weighted by Crippen LogP contribution is 2.30. The predicted molar refractivity (Wildman–Crippen MR) is 92.1 cm³/mol. The highest BCUT2D eigenvalue weighted by atomic mass is 79.9. The van der Waals surface area contributed by atoms with E-state index in [1.807, 2.05) is 24.3 Å². The molecule has 1 saturated heterocycles. The van der Waals surface area contributed by atoms with Gasteiger partial charge in [0, 0.05) is 23.8 Å². The Morgan fingerprint density at radius 3 is 2.67 bits per heavy atom. The number of carbonyl (C=O) groups is 2. The van der Waals surface area contributed by atoms with E-state index in [0.717, 1.165) is 10.2 Å². The fourth-order valence-electron chi connectivity index (χ4n) is 2.94. The molecule has 0 aliphatic carbocycles. The molecule has 24 heavy (non-hydrogen) atoms. The molecule has 0 saturated carbocycles. The second-order valence-corrected chi connectivity index (χ2v) is 7.26. The van der Waals surface area contributed by atoms with Gasteiger partial charge in [-0.3, -0.25) is 9.59 Å². The van der Waals surface area contributed by atoms with Crippen LogP contribution >= 0.6 is 15.9 Å². The summed E-state index contributed by atoms with van der Waals surface area (Å²) in [6.45, 7) is 2.50. The number of likely N-dealkylation sites (tertiary alicyclic amines) is 1. The van der Waals surface area contributed by atoms with Crippen molar-refractivity contribution in [1.29, 1.82) is 0 Å². The lowest BCUT2D eigenvalue weighted by molar-refractivity contribution is -0.150. The molecule has 1 atom stereocenters. The van der Waals surface area contributed by atoms with Crippen molar-refractivity contribution >= 4 is 27.8 Å². The minimum Gasteiger partial charge on any atom is -0.481 e. The lowest BCUT2D eigenvalue weighted by Gasteiger charge is -2.37. The molecule has 3 rings (SSSR count). The van der Waals surface area contributed by atoms with Gasteiger partial charge in [-0.25, -0.2) is 4.68 Å². The monoisotopic (exact) mass is 391 g/mol. The van der Waals surface area contributed by atoms with Crippen LogP contribution in [0.25, 0.3) is 5.69 Å². The Hall–Kier alpha value is -2.15. The molecule has 1 aliphatic rings. The van der Waals surface area contributed by atoms with Crippen LogP contribution in [-0.4, -0.2) is 44.8 Å². The first-order valence-corrected chi connectivity index (χ1v) is 8.52. The van der Waals surface area contributed by atoms with Crippen LogP contribution in [-0.2, 0) is 4.79 Å². The number of aromatic nitrogens is 2. The molecular formula is C17H18BrN3O3. The van der Waals surface area contributed by atoms with Crippen LogP contribution < -0.4 is 0 Å². The highest BCUT2D eigenvalue weighted by molar-refractivity contribution is 9.10. The third-order valence-corrected chi connectivity index (χ3v) is 4.95. The van der Waals surface area contributed by atoms with E-state index >= 15 is 0 Å². The fraction of sp³-hybridized carbons (Fsp3) is 0.353. The minimum atomic E-state index is -0.879. The van der Waals surface area contributed by atoms with Crippen LogP contribution in [0.3, 0.4) is 0 Å². The van der Waals surface area contributed by atoms with E-state index in [-0.39, 0.29) is 12.5 Å². The summed E-state index contributed by atoms with van der Waals surface area (Å²) in [5.41, 5.74) is 0.439. The molecule has 1 unspecified atom stereocenters. The number of nitrogens with zero attached hydrogens (tertiary/aromatic N) is 3. The molecule has 0 bridgehead atoms. The van der Waals surface area contributed by atoms with Crippen molar-refractivity contribution in [1.82, 2.24) is 14.7 Å². The topological polar surface area (TPSA) is 75.4 Å². The van der Waals surface area contributed by atoms with Crippen molar-refractivity contribution in [3.63, 3.8) is 0 Å². The van der Waals surface area contributed by atoms with E-state index in [4.69, 9.17) is 0 Å². The fourth-order valence-corrected chi connectivity index (χ4v) is 3.20. The van der Waals surface area contributed by atoms with Gasteiger partial charge in [0.25, 0.3) is 5.91 Å². The summed E-state index contributed by atoms with van der Waals surface area (Å²) in [4.78, 5) is 25.7. The summed E-state index contributed by atoms with van der Waals surface area (Å²) in [7, 11) is 0. The first kappa shape index (κ1) is 16.7. The Kier molecular flexibility index (Phi) is 4.45. The number of carboxylic acid groups (broad SMARTS) is 1. The molecule has 1 N–H and O–H groups in total.